The Morgan fingerprint density at radius 1 is 1.12 bits per heavy atom. The summed E-state index contributed by atoms with van der Waals surface area (Å²) in [7, 11) is 0. The summed E-state index contributed by atoms with van der Waals surface area (Å²) in [5, 5.41) is 0. The van der Waals surface area contributed by atoms with Crippen molar-refractivity contribution in [2.24, 2.45) is 16.8 Å². The third-order valence-electron chi connectivity index (χ3n) is 4.70. The monoisotopic (exact) mass is 339 g/mol. The van der Waals surface area contributed by atoms with Gasteiger partial charge in [0.15, 0.2) is 0 Å². The lowest BCUT2D eigenvalue weighted by Crippen LogP contribution is -2.29. The van der Waals surface area contributed by atoms with Crippen LogP contribution in [0.15, 0.2) is 40.9 Å². The number of aliphatic imine (C=N–C) groups is 1. The number of ether oxygens (including phenoxy) is 1. The van der Waals surface area contributed by atoms with Gasteiger partial charge in [-0.05, 0) is 60.9 Å². The third-order valence-corrected chi connectivity index (χ3v) is 4.70. The molecule has 0 bridgehead atoms. The van der Waals surface area contributed by atoms with Crippen molar-refractivity contribution in [2.75, 3.05) is 0 Å². The fourth-order valence-corrected chi connectivity index (χ4v) is 3.09. The minimum atomic E-state index is -0.189. The summed E-state index contributed by atoms with van der Waals surface area (Å²) in [4.78, 5) is 16.1. The van der Waals surface area contributed by atoms with Gasteiger partial charge in [-0.1, -0.05) is 45.9 Å². The van der Waals surface area contributed by atoms with Crippen LogP contribution in [0.2, 0.25) is 0 Å². The number of carbonyl (C=O) groups is 1. The fraction of sp³-hybridized carbons (Fsp3) is 0.455. The average Bonchev–Trinajstić information content (AvgIpc) is 3.09. The van der Waals surface area contributed by atoms with Gasteiger partial charge in [-0.2, -0.15) is 0 Å². The lowest BCUT2D eigenvalue weighted by molar-refractivity contribution is -0.114. The molecular weight excluding hydrogens is 310 g/mol. The smallest absolute Gasteiger partial charge is 0.276 e. The summed E-state index contributed by atoms with van der Waals surface area (Å²) in [5.74, 6) is 1.62. The molecule has 1 aromatic rings. The van der Waals surface area contributed by atoms with Crippen molar-refractivity contribution < 1.29 is 9.53 Å². The molecule has 0 aliphatic heterocycles. The number of hydrogen-bond acceptors (Lipinski definition) is 2. The Bertz CT molecular complexity index is 716. The summed E-state index contributed by atoms with van der Waals surface area (Å²) in [5.41, 5.74) is 3.81. The van der Waals surface area contributed by atoms with Gasteiger partial charge in [-0.3, -0.25) is 4.79 Å². The first-order valence-electron chi connectivity index (χ1n) is 9.03. The van der Waals surface area contributed by atoms with Crippen molar-refractivity contribution in [3.63, 3.8) is 0 Å². The van der Waals surface area contributed by atoms with Crippen LogP contribution >= 0.6 is 0 Å². The average molecular weight is 339 g/mol. The molecule has 1 amide bonds. The van der Waals surface area contributed by atoms with Crippen molar-refractivity contribution in [1.82, 2.24) is 0 Å². The molecular formula is C22H29NO2. The molecule has 0 saturated heterocycles. The van der Waals surface area contributed by atoms with Gasteiger partial charge in [0, 0.05) is 11.8 Å². The maximum atomic E-state index is 12.0. The van der Waals surface area contributed by atoms with E-state index in [9.17, 15) is 4.79 Å². The van der Waals surface area contributed by atoms with E-state index in [0.29, 0.717) is 17.4 Å². The highest BCUT2D eigenvalue weighted by molar-refractivity contribution is 6.03. The predicted molar refractivity (Wildman–Crippen MR) is 104 cm³/mol. The topological polar surface area (TPSA) is 38.7 Å². The standard InChI is InChI=1S/C22H29NO2/c1-14(2)21(15(3)4)25-20-12-11-19(16(5)17(20)6)13-23-22(24)18-9-7-8-10-18/h7,9-15,21H,8H2,1-6H3. The number of amides is 1. The molecule has 134 valence electrons. The second kappa shape index (κ2) is 8.28. The van der Waals surface area contributed by atoms with Gasteiger partial charge in [-0.15, -0.1) is 0 Å². The molecule has 0 N–H and O–H groups in total. The Morgan fingerprint density at radius 2 is 1.80 bits per heavy atom. The summed E-state index contributed by atoms with van der Waals surface area (Å²) in [6, 6.07) is 3.96. The van der Waals surface area contributed by atoms with Crippen LogP contribution < -0.4 is 4.74 Å². The van der Waals surface area contributed by atoms with Crippen LogP contribution in [0.3, 0.4) is 0 Å². The van der Waals surface area contributed by atoms with Crippen molar-refractivity contribution in [3.05, 3.63) is 52.6 Å². The normalized spacial score (nSPS) is 14.2. The second-order valence-corrected chi connectivity index (χ2v) is 7.33. The van der Waals surface area contributed by atoms with E-state index in [1.165, 1.54) is 0 Å². The molecule has 25 heavy (non-hydrogen) atoms. The molecule has 3 heteroatoms. The van der Waals surface area contributed by atoms with Crippen LogP contribution in [0.1, 0.15) is 50.8 Å². The zero-order valence-electron chi connectivity index (χ0n) is 16.2. The first-order chi connectivity index (χ1) is 11.8. The quantitative estimate of drug-likeness (QED) is 0.669. The number of carbonyl (C=O) groups excluding carboxylic acids is 1. The van der Waals surface area contributed by atoms with Gasteiger partial charge in [0.05, 0.1) is 0 Å². The van der Waals surface area contributed by atoms with Crippen LogP contribution in [0, 0.1) is 25.7 Å². The van der Waals surface area contributed by atoms with E-state index in [-0.39, 0.29) is 12.0 Å². The minimum absolute atomic E-state index is 0.181. The number of allylic oxidation sites excluding steroid dienone is 2. The summed E-state index contributed by atoms with van der Waals surface area (Å²) in [6.45, 7) is 12.8. The number of rotatable bonds is 6. The van der Waals surface area contributed by atoms with Crippen molar-refractivity contribution in [1.29, 1.82) is 0 Å². The van der Waals surface area contributed by atoms with Gasteiger partial charge in [0.1, 0.15) is 11.9 Å². The molecule has 0 heterocycles. The second-order valence-electron chi connectivity index (χ2n) is 7.33. The lowest BCUT2D eigenvalue weighted by Gasteiger charge is -2.27. The van der Waals surface area contributed by atoms with Gasteiger partial charge in [0.25, 0.3) is 5.91 Å². The molecule has 0 saturated carbocycles. The molecule has 1 aliphatic rings. The molecule has 0 radical (unpaired) electrons. The van der Waals surface area contributed by atoms with E-state index in [0.717, 1.165) is 28.9 Å². The summed E-state index contributed by atoms with van der Waals surface area (Å²) in [6.07, 6.45) is 8.33. The van der Waals surface area contributed by atoms with Crippen LogP contribution in [0.5, 0.6) is 5.75 Å². The molecule has 3 nitrogen and oxygen atoms in total. The van der Waals surface area contributed by atoms with E-state index in [4.69, 9.17) is 4.74 Å². The van der Waals surface area contributed by atoms with Gasteiger partial charge in [-0.25, -0.2) is 4.99 Å². The summed E-state index contributed by atoms with van der Waals surface area (Å²) >= 11 is 0. The maximum absolute atomic E-state index is 12.0. The highest BCUT2D eigenvalue weighted by Crippen LogP contribution is 2.28. The molecule has 2 rings (SSSR count). The van der Waals surface area contributed by atoms with Crippen LogP contribution in [0.4, 0.5) is 0 Å². The third kappa shape index (κ3) is 4.68. The number of hydrogen-bond donors (Lipinski definition) is 0. The van der Waals surface area contributed by atoms with E-state index in [1.54, 1.807) is 6.21 Å². The predicted octanol–water partition coefficient (Wildman–Crippen LogP) is 5.19. The molecule has 0 spiro atoms. The van der Waals surface area contributed by atoms with Gasteiger partial charge >= 0.3 is 0 Å². The molecule has 0 fully saturated rings. The molecule has 0 atom stereocenters. The Labute approximate surface area is 151 Å². The van der Waals surface area contributed by atoms with Crippen LogP contribution in [-0.2, 0) is 4.79 Å². The van der Waals surface area contributed by atoms with E-state index < -0.39 is 0 Å². The Hall–Kier alpha value is -2.16. The van der Waals surface area contributed by atoms with Crippen LogP contribution in [-0.4, -0.2) is 18.2 Å². The Morgan fingerprint density at radius 3 is 2.36 bits per heavy atom. The zero-order chi connectivity index (χ0) is 18.6. The molecule has 0 unspecified atom stereocenters. The van der Waals surface area contributed by atoms with Crippen molar-refractivity contribution in [3.8, 4) is 5.75 Å². The van der Waals surface area contributed by atoms with Crippen molar-refractivity contribution in [2.45, 2.75) is 54.1 Å². The lowest BCUT2D eigenvalue weighted by atomic mass is 9.96. The zero-order valence-corrected chi connectivity index (χ0v) is 16.2. The van der Waals surface area contributed by atoms with Gasteiger partial charge in [0.2, 0.25) is 0 Å². The van der Waals surface area contributed by atoms with Gasteiger partial charge < -0.3 is 4.74 Å². The maximum Gasteiger partial charge on any atom is 0.276 e. The minimum Gasteiger partial charge on any atom is -0.490 e. The van der Waals surface area contributed by atoms with Crippen LogP contribution in [0.25, 0.3) is 0 Å². The highest BCUT2D eigenvalue weighted by Gasteiger charge is 2.20. The SMILES string of the molecule is Cc1c(C=NC(=O)C2=CCC=C2)ccc(OC(C(C)C)C(C)C)c1C. The number of benzene rings is 1. The van der Waals surface area contributed by atoms with Crippen molar-refractivity contribution >= 4 is 12.1 Å². The van der Waals surface area contributed by atoms with E-state index in [1.807, 2.05) is 37.3 Å². The van der Waals surface area contributed by atoms with E-state index in [2.05, 4.69) is 39.6 Å². The summed E-state index contributed by atoms with van der Waals surface area (Å²) < 4.78 is 6.28. The molecule has 1 aromatic carbocycles. The Balaban J connectivity index is 2.19. The number of nitrogens with zero attached hydrogens (tertiary/aromatic N) is 1. The molecule has 1 aliphatic carbocycles. The largest absolute Gasteiger partial charge is 0.490 e. The first kappa shape index (κ1) is 19.2. The van der Waals surface area contributed by atoms with E-state index >= 15 is 0 Å². The first-order valence-corrected chi connectivity index (χ1v) is 9.03. The molecule has 0 aromatic heterocycles. The highest BCUT2D eigenvalue weighted by atomic mass is 16.5. The fourth-order valence-electron chi connectivity index (χ4n) is 3.09. The Kier molecular flexibility index (Phi) is 6.35.